The number of piperidine rings is 1. The maximum absolute atomic E-state index is 12.2. The second-order valence-electron chi connectivity index (χ2n) is 5.57. The Bertz CT molecular complexity index is 398. The van der Waals surface area contributed by atoms with E-state index in [1.54, 1.807) is 11.9 Å². The lowest BCUT2D eigenvalue weighted by molar-refractivity contribution is -0.140. The summed E-state index contributed by atoms with van der Waals surface area (Å²) in [5.74, 6) is 0.450. The SMILES string of the molecule is CN(CCC#N)C(=O)C1CCCN(C(=O)C2CC2)C1. The first-order chi connectivity index (χ1) is 9.13. The van der Waals surface area contributed by atoms with E-state index >= 15 is 0 Å². The zero-order valence-corrected chi connectivity index (χ0v) is 11.5. The Morgan fingerprint density at radius 3 is 2.68 bits per heavy atom. The molecule has 1 aliphatic heterocycles. The van der Waals surface area contributed by atoms with Gasteiger partial charge in [0, 0.05) is 32.6 Å². The first-order valence-electron chi connectivity index (χ1n) is 7.04. The van der Waals surface area contributed by atoms with E-state index in [0.717, 1.165) is 32.2 Å². The van der Waals surface area contributed by atoms with Crippen LogP contribution in [-0.2, 0) is 9.59 Å². The molecular formula is C14H21N3O2. The van der Waals surface area contributed by atoms with Crippen molar-refractivity contribution in [1.29, 1.82) is 5.26 Å². The fraction of sp³-hybridized carbons (Fsp3) is 0.786. The number of nitriles is 1. The van der Waals surface area contributed by atoms with Gasteiger partial charge in [-0.1, -0.05) is 0 Å². The molecule has 0 aromatic heterocycles. The van der Waals surface area contributed by atoms with E-state index < -0.39 is 0 Å². The molecule has 0 aromatic rings. The van der Waals surface area contributed by atoms with Crippen molar-refractivity contribution in [3.8, 4) is 6.07 Å². The third-order valence-corrected chi connectivity index (χ3v) is 3.94. The Labute approximate surface area is 114 Å². The van der Waals surface area contributed by atoms with Gasteiger partial charge in [-0.2, -0.15) is 5.26 Å². The van der Waals surface area contributed by atoms with E-state index in [2.05, 4.69) is 0 Å². The van der Waals surface area contributed by atoms with Crippen LogP contribution in [0.2, 0.25) is 0 Å². The Morgan fingerprint density at radius 1 is 1.32 bits per heavy atom. The van der Waals surface area contributed by atoms with Crippen LogP contribution in [0.1, 0.15) is 32.1 Å². The minimum atomic E-state index is -0.0832. The molecular weight excluding hydrogens is 242 g/mol. The van der Waals surface area contributed by atoms with Gasteiger partial charge in [0.05, 0.1) is 18.4 Å². The van der Waals surface area contributed by atoms with Crippen molar-refractivity contribution in [2.24, 2.45) is 11.8 Å². The number of likely N-dealkylation sites (tertiary alicyclic amines) is 1. The lowest BCUT2D eigenvalue weighted by Crippen LogP contribution is -2.46. The van der Waals surface area contributed by atoms with Gasteiger partial charge in [-0.05, 0) is 25.7 Å². The van der Waals surface area contributed by atoms with E-state index in [0.29, 0.717) is 19.5 Å². The van der Waals surface area contributed by atoms with Crippen LogP contribution in [0.3, 0.4) is 0 Å². The van der Waals surface area contributed by atoms with Crippen molar-refractivity contribution in [1.82, 2.24) is 9.80 Å². The largest absolute Gasteiger partial charge is 0.344 e. The molecule has 0 aromatic carbocycles. The van der Waals surface area contributed by atoms with Gasteiger partial charge < -0.3 is 9.80 Å². The standard InChI is InChI=1S/C14H21N3O2/c1-16(8-3-7-15)13(18)12-4-2-9-17(10-12)14(19)11-5-6-11/h11-12H,2-6,8-10H2,1H3. The van der Waals surface area contributed by atoms with E-state index in [9.17, 15) is 9.59 Å². The van der Waals surface area contributed by atoms with Gasteiger partial charge in [-0.15, -0.1) is 0 Å². The van der Waals surface area contributed by atoms with Crippen molar-refractivity contribution in [3.63, 3.8) is 0 Å². The number of carbonyl (C=O) groups is 2. The number of rotatable bonds is 4. The quantitative estimate of drug-likeness (QED) is 0.760. The van der Waals surface area contributed by atoms with Crippen LogP contribution in [-0.4, -0.2) is 48.3 Å². The van der Waals surface area contributed by atoms with E-state index in [4.69, 9.17) is 5.26 Å². The van der Waals surface area contributed by atoms with Gasteiger partial charge in [0.15, 0.2) is 0 Å². The molecule has 5 heteroatoms. The van der Waals surface area contributed by atoms with Gasteiger partial charge in [-0.25, -0.2) is 0 Å². The Kier molecular flexibility index (Phi) is 4.41. The molecule has 0 spiro atoms. The molecule has 0 N–H and O–H groups in total. The van der Waals surface area contributed by atoms with Gasteiger partial charge in [-0.3, -0.25) is 9.59 Å². The van der Waals surface area contributed by atoms with Gasteiger partial charge in [0.1, 0.15) is 0 Å². The number of hydrogen-bond acceptors (Lipinski definition) is 3. The Balaban J connectivity index is 1.87. The predicted molar refractivity (Wildman–Crippen MR) is 69.9 cm³/mol. The fourth-order valence-corrected chi connectivity index (χ4v) is 2.61. The van der Waals surface area contributed by atoms with E-state index in [1.807, 2.05) is 11.0 Å². The molecule has 5 nitrogen and oxygen atoms in total. The molecule has 104 valence electrons. The maximum atomic E-state index is 12.2. The molecule has 1 atom stereocenters. The van der Waals surface area contributed by atoms with E-state index in [1.165, 1.54) is 0 Å². The average Bonchev–Trinajstić information content (AvgIpc) is 3.27. The highest BCUT2D eigenvalue weighted by molar-refractivity contribution is 5.83. The van der Waals surface area contributed by atoms with E-state index in [-0.39, 0.29) is 23.7 Å². The predicted octanol–water partition coefficient (Wildman–Crippen LogP) is 1.01. The second kappa shape index (κ2) is 6.05. The molecule has 1 unspecified atom stereocenters. The molecule has 1 saturated carbocycles. The lowest BCUT2D eigenvalue weighted by atomic mass is 9.96. The molecule has 1 aliphatic carbocycles. The number of amides is 2. The molecule has 0 bridgehead atoms. The van der Waals surface area contributed by atoms with Crippen molar-refractivity contribution in [2.45, 2.75) is 32.1 Å². The zero-order valence-electron chi connectivity index (χ0n) is 11.5. The molecule has 2 aliphatic rings. The maximum Gasteiger partial charge on any atom is 0.227 e. The van der Waals surface area contributed by atoms with Gasteiger partial charge in [0.25, 0.3) is 0 Å². The van der Waals surface area contributed by atoms with Crippen LogP contribution in [0.25, 0.3) is 0 Å². The normalized spacial score (nSPS) is 22.7. The van der Waals surface area contributed by atoms with Crippen LogP contribution in [0.15, 0.2) is 0 Å². The lowest BCUT2D eigenvalue weighted by Gasteiger charge is -2.34. The number of carbonyl (C=O) groups excluding carboxylic acids is 2. The molecule has 1 saturated heterocycles. The fourth-order valence-electron chi connectivity index (χ4n) is 2.61. The summed E-state index contributed by atoms with van der Waals surface area (Å²) in [6.45, 7) is 1.83. The average molecular weight is 263 g/mol. The summed E-state index contributed by atoms with van der Waals surface area (Å²) >= 11 is 0. The molecule has 2 amide bonds. The summed E-state index contributed by atoms with van der Waals surface area (Å²) in [6, 6.07) is 2.05. The number of hydrogen-bond donors (Lipinski definition) is 0. The number of nitrogens with zero attached hydrogens (tertiary/aromatic N) is 3. The van der Waals surface area contributed by atoms with Gasteiger partial charge in [0.2, 0.25) is 11.8 Å². The zero-order chi connectivity index (χ0) is 13.8. The summed E-state index contributed by atoms with van der Waals surface area (Å²) in [7, 11) is 1.74. The highest BCUT2D eigenvalue weighted by Crippen LogP contribution is 2.32. The monoisotopic (exact) mass is 263 g/mol. The first-order valence-corrected chi connectivity index (χ1v) is 7.04. The third kappa shape index (κ3) is 3.46. The first kappa shape index (κ1) is 13.9. The Morgan fingerprint density at radius 2 is 2.05 bits per heavy atom. The van der Waals surface area contributed by atoms with Crippen LogP contribution in [0.4, 0.5) is 0 Å². The van der Waals surface area contributed by atoms with Crippen LogP contribution in [0.5, 0.6) is 0 Å². The van der Waals surface area contributed by atoms with Crippen molar-refractivity contribution in [3.05, 3.63) is 0 Å². The van der Waals surface area contributed by atoms with Crippen molar-refractivity contribution < 1.29 is 9.59 Å². The van der Waals surface area contributed by atoms with Crippen LogP contribution < -0.4 is 0 Å². The van der Waals surface area contributed by atoms with Gasteiger partial charge >= 0.3 is 0 Å². The second-order valence-corrected chi connectivity index (χ2v) is 5.57. The van der Waals surface area contributed by atoms with Crippen molar-refractivity contribution in [2.75, 3.05) is 26.7 Å². The van der Waals surface area contributed by atoms with Crippen LogP contribution >= 0.6 is 0 Å². The van der Waals surface area contributed by atoms with Crippen molar-refractivity contribution >= 4 is 11.8 Å². The summed E-state index contributed by atoms with van der Waals surface area (Å²) in [5, 5.41) is 8.55. The molecule has 2 rings (SSSR count). The highest BCUT2D eigenvalue weighted by atomic mass is 16.2. The summed E-state index contributed by atoms with van der Waals surface area (Å²) < 4.78 is 0. The Hall–Kier alpha value is -1.57. The minimum Gasteiger partial charge on any atom is -0.344 e. The molecule has 2 fully saturated rings. The third-order valence-electron chi connectivity index (χ3n) is 3.94. The molecule has 19 heavy (non-hydrogen) atoms. The highest BCUT2D eigenvalue weighted by Gasteiger charge is 2.37. The molecule has 1 heterocycles. The topological polar surface area (TPSA) is 64.4 Å². The summed E-state index contributed by atoms with van der Waals surface area (Å²) in [5.41, 5.74) is 0. The minimum absolute atomic E-state index is 0.0727. The summed E-state index contributed by atoms with van der Waals surface area (Å²) in [6.07, 6.45) is 4.14. The smallest absolute Gasteiger partial charge is 0.227 e. The molecule has 0 radical (unpaired) electrons. The van der Waals surface area contributed by atoms with Crippen LogP contribution in [0, 0.1) is 23.2 Å². The summed E-state index contributed by atoms with van der Waals surface area (Å²) in [4.78, 5) is 27.8.